The Balaban J connectivity index is 1.44. The van der Waals surface area contributed by atoms with Crippen LogP contribution >= 0.6 is 0 Å². The Bertz CT molecular complexity index is 729. The topological polar surface area (TPSA) is 51.2 Å². The van der Waals surface area contributed by atoms with E-state index in [2.05, 4.69) is 30.9 Å². The molecule has 0 radical (unpaired) electrons. The Hall–Kier alpha value is -1.95. The number of carbonyl (C=O) groups excluding carboxylic acids is 1. The molecule has 3 atom stereocenters. The van der Waals surface area contributed by atoms with Crippen LogP contribution in [0.3, 0.4) is 0 Å². The summed E-state index contributed by atoms with van der Waals surface area (Å²) in [6, 6.07) is 6.90. The van der Waals surface area contributed by atoms with Gasteiger partial charge in [0.2, 0.25) is 6.79 Å². The van der Waals surface area contributed by atoms with E-state index in [1.165, 1.54) is 18.4 Å². The number of piperidine rings is 3. The number of amides is 1. The molecule has 1 aromatic carbocycles. The molecule has 1 aromatic rings. The maximum atomic E-state index is 12.9. The van der Waals surface area contributed by atoms with Gasteiger partial charge in [-0.25, -0.2) is 4.79 Å². The third-order valence-electron chi connectivity index (χ3n) is 6.59. The van der Waals surface area contributed by atoms with Crippen LogP contribution in [-0.2, 0) is 4.74 Å². The molecule has 27 heavy (non-hydrogen) atoms. The molecule has 6 heteroatoms. The predicted molar refractivity (Wildman–Crippen MR) is 100 cm³/mol. The number of rotatable bonds is 3. The molecule has 5 aliphatic heterocycles. The Morgan fingerprint density at radius 1 is 1.19 bits per heavy atom. The second-order valence-corrected chi connectivity index (χ2v) is 8.70. The summed E-state index contributed by atoms with van der Waals surface area (Å²) in [7, 11) is 0. The molecular formula is C21H28N2O4. The van der Waals surface area contributed by atoms with E-state index in [1.54, 1.807) is 0 Å². The monoisotopic (exact) mass is 372 g/mol. The van der Waals surface area contributed by atoms with Crippen LogP contribution in [0, 0.1) is 11.8 Å². The summed E-state index contributed by atoms with van der Waals surface area (Å²) in [5.41, 5.74) is 1.24. The van der Waals surface area contributed by atoms with Gasteiger partial charge in [0.05, 0.1) is 12.6 Å². The summed E-state index contributed by atoms with van der Waals surface area (Å²) in [5.74, 6) is 2.86. The fourth-order valence-electron chi connectivity index (χ4n) is 5.39. The van der Waals surface area contributed by atoms with E-state index in [0.29, 0.717) is 30.4 Å². The van der Waals surface area contributed by atoms with Crippen molar-refractivity contribution >= 4 is 6.09 Å². The second-order valence-electron chi connectivity index (χ2n) is 8.70. The summed E-state index contributed by atoms with van der Waals surface area (Å²) < 4.78 is 16.7. The fraction of sp³-hybridized carbons (Fsp3) is 0.667. The zero-order valence-electron chi connectivity index (χ0n) is 16.1. The Morgan fingerprint density at radius 2 is 1.96 bits per heavy atom. The first-order valence-electron chi connectivity index (χ1n) is 10.2. The molecule has 6 nitrogen and oxygen atoms in total. The van der Waals surface area contributed by atoms with Gasteiger partial charge in [0.1, 0.15) is 0 Å². The lowest BCUT2D eigenvalue weighted by Gasteiger charge is -2.50. The number of carbonyl (C=O) groups is 1. The maximum Gasteiger partial charge on any atom is 0.410 e. The van der Waals surface area contributed by atoms with Crippen LogP contribution in [0.4, 0.5) is 4.79 Å². The summed E-state index contributed by atoms with van der Waals surface area (Å²) in [4.78, 5) is 17.5. The van der Waals surface area contributed by atoms with Gasteiger partial charge in [-0.2, -0.15) is 0 Å². The van der Waals surface area contributed by atoms with Crippen LogP contribution in [-0.4, -0.2) is 61.0 Å². The van der Waals surface area contributed by atoms with Crippen LogP contribution in [0.15, 0.2) is 18.2 Å². The number of benzene rings is 1. The summed E-state index contributed by atoms with van der Waals surface area (Å²) >= 11 is 0. The minimum Gasteiger partial charge on any atom is -0.454 e. The van der Waals surface area contributed by atoms with E-state index < -0.39 is 0 Å². The number of likely N-dealkylation sites (tertiary alicyclic amines) is 1. The molecule has 4 saturated heterocycles. The van der Waals surface area contributed by atoms with Crippen molar-refractivity contribution in [2.24, 2.45) is 11.8 Å². The fourth-order valence-corrected chi connectivity index (χ4v) is 5.39. The van der Waals surface area contributed by atoms with Crippen molar-refractivity contribution in [1.29, 1.82) is 0 Å². The molecule has 0 N–H and O–H groups in total. The molecule has 0 aromatic heterocycles. The van der Waals surface area contributed by atoms with Gasteiger partial charge in [-0.05, 0) is 55.5 Å². The van der Waals surface area contributed by atoms with Crippen molar-refractivity contribution in [1.82, 2.24) is 9.80 Å². The van der Waals surface area contributed by atoms with E-state index in [1.807, 2.05) is 11.0 Å². The van der Waals surface area contributed by atoms with E-state index in [4.69, 9.17) is 14.2 Å². The molecule has 146 valence electrons. The first-order valence-corrected chi connectivity index (χ1v) is 10.2. The number of ether oxygens (including phenoxy) is 3. The normalized spacial score (nSPS) is 33.4. The maximum absolute atomic E-state index is 12.9. The Morgan fingerprint density at radius 3 is 2.74 bits per heavy atom. The molecule has 0 saturated carbocycles. The van der Waals surface area contributed by atoms with E-state index in [0.717, 1.165) is 31.1 Å². The van der Waals surface area contributed by atoms with Crippen molar-refractivity contribution < 1.29 is 19.0 Å². The highest BCUT2D eigenvalue weighted by Gasteiger charge is 2.55. The molecule has 5 heterocycles. The van der Waals surface area contributed by atoms with Crippen molar-refractivity contribution in [3.05, 3.63) is 23.8 Å². The van der Waals surface area contributed by atoms with Crippen molar-refractivity contribution in [2.45, 2.75) is 44.7 Å². The van der Waals surface area contributed by atoms with Crippen LogP contribution in [0.5, 0.6) is 11.5 Å². The summed E-state index contributed by atoms with van der Waals surface area (Å²) in [6.07, 6.45) is 2.22. The summed E-state index contributed by atoms with van der Waals surface area (Å²) in [5, 5.41) is 0. The molecule has 0 spiro atoms. The molecule has 6 rings (SSSR count). The molecule has 5 aliphatic rings. The van der Waals surface area contributed by atoms with Crippen molar-refractivity contribution in [2.75, 3.05) is 33.0 Å². The van der Waals surface area contributed by atoms with Gasteiger partial charge in [0.25, 0.3) is 0 Å². The smallest absolute Gasteiger partial charge is 0.410 e. The minimum absolute atomic E-state index is 0.143. The molecule has 1 amide bonds. The lowest BCUT2D eigenvalue weighted by molar-refractivity contribution is -0.00864. The highest BCUT2D eigenvalue weighted by Crippen LogP contribution is 2.48. The quantitative estimate of drug-likeness (QED) is 0.816. The lowest BCUT2D eigenvalue weighted by atomic mass is 9.75. The van der Waals surface area contributed by atoms with Crippen molar-refractivity contribution in [3.8, 4) is 11.5 Å². The van der Waals surface area contributed by atoms with Crippen LogP contribution in [0.2, 0.25) is 0 Å². The van der Waals surface area contributed by atoms with Crippen LogP contribution in [0.1, 0.15) is 38.2 Å². The second kappa shape index (κ2) is 6.59. The first kappa shape index (κ1) is 17.2. The average Bonchev–Trinajstić information content (AvgIpc) is 3.32. The van der Waals surface area contributed by atoms with Gasteiger partial charge in [-0.3, -0.25) is 4.90 Å². The van der Waals surface area contributed by atoms with Gasteiger partial charge in [-0.1, -0.05) is 19.9 Å². The first-order chi connectivity index (χ1) is 13.1. The molecule has 2 bridgehead atoms. The number of hydrogen-bond acceptors (Lipinski definition) is 5. The zero-order valence-corrected chi connectivity index (χ0v) is 16.1. The third-order valence-corrected chi connectivity index (χ3v) is 6.59. The highest BCUT2D eigenvalue weighted by molar-refractivity contribution is 5.69. The van der Waals surface area contributed by atoms with Gasteiger partial charge < -0.3 is 19.1 Å². The highest BCUT2D eigenvalue weighted by atomic mass is 16.7. The van der Waals surface area contributed by atoms with Gasteiger partial charge >= 0.3 is 6.09 Å². The predicted octanol–water partition coefficient (Wildman–Crippen LogP) is 3.07. The van der Waals surface area contributed by atoms with Crippen molar-refractivity contribution in [3.63, 3.8) is 0 Å². The Labute approximate surface area is 160 Å². The third kappa shape index (κ3) is 2.85. The van der Waals surface area contributed by atoms with E-state index >= 15 is 0 Å². The average molecular weight is 372 g/mol. The summed E-state index contributed by atoms with van der Waals surface area (Å²) in [6.45, 7) is 7.92. The number of hydrogen-bond donors (Lipinski definition) is 0. The molecule has 0 unspecified atom stereocenters. The van der Waals surface area contributed by atoms with Gasteiger partial charge in [0, 0.05) is 18.5 Å². The van der Waals surface area contributed by atoms with Crippen LogP contribution in [0.25, 0.3) is 0 Å². The van der Waals surface area contributed by atoms with Gasteiger partial charge in [-0.15, -0.1) is 0 Å². The SMILES string of the molecule is CC(C)COC(=O)N1C[C@H](c2ccc3c(c2)OCO3)[C@H]2[C@@H]1C1CCN2CC1. The molecule has 0 aliphatic carbocycles. The number of fused-ring (bicyclic) bond motifs is 3. The minimum atomic E-state index is -0.143. The van der Waals surface area contributed by atoms with Gasteiger partial charge in [0.15, 0.2) is 11.5 Å². The van der Waals surface area contributed by atoms with E-state index in [9.17, 15) is 4.79 Å². The van der Waals surface area contributed by atoms with E-state index in [-0.39, 0.29) is 18.9 Å². The largest absolute Gasteiger partial charge is 0.454 e. The Kier molecular flexibility index (Phi) is 4.19. The standard InChI is InChI=1S/C21H28N2O4/c1-13(2)11-25-21(24)23-10-16(15-3-4-17-18(9-15)27-12-26-17)20-19(23)14-5-7-22(20)8-6-14/h3-4,9,13-14,16,19-20H,5-8,10-12H2,1-2H3/t16-,19+,20+/m1/s1. The zero-order chi connectivity index (χ0) is 18.5. The number of nitrogens with zero attached hydrogens (tertiary/aromatic N) is 2. The molecular weight excluding hydrogens is 344 g/mol. The molecule has 4 fully saturated rings. The van der Waals surface area contributed by atoms with Crippen LogP contribution < -0.4 is 9.47 Å². The lowest BCUT2D eigenvalue weighted by Crippen LogP contribution is -2.60.